The molecular formula is C17H22N2O4. The van der Waals surface area contributed by atoms with Gasteiger partial charge in [0.25, 0.3) is 0 Å². The van der Waals surface area contributed by atoms with E-state index in [-0.39, 0.29) is 0 Å². The summed E-state index contributed by atoms with van der Waals surface area (Å²) in [6.45, 7) is 5.34. The first kappa shape index (κ1) is 16.9. The number of benzene rings is 1. The van der Waals surface area contributed by atoms with Gasteiger partial charge in [-0.3, -0.25) is 4.90 Å². The fraction of sp³-hybridized carbons (Fsp3) is 0.412. The first-order chi connectivity index (χ1) is 10.7. The van der Waals surface area contributed by atoms with Gasteiger partial charge in [-0.1, -0.05) is 0 Å². The molecule has 1 N–H and O–H groups in total. The number of hydrogen-bond donors (Lipinski definition) is 1. The number of H-pyrrole nitrogens is 1. The van der Waals surface area contributed by atoms with E-state index < -0.39 is 17.7 Å². The Balaban J connectivity index is 2.29. The van der Waals surface area contributed by atoms with Crippen LogP contribution in [0.4, 0.5) is 4.79 Å². The minimum Gasteiger partial charge on any atom is -0.497 e. The monoisotopic (exact) mass is 318 g/mol. The van der Waals surface area contributed by atoms with Crippen LogP contribution in [0, 0.1) is 0 Å². The average Bonchev–Trinajstić information content (AvgIpc) is 2.88. The van der Waals surface area contributed by atoms with Crippen LogP contribution in [0.5, 0.6) is 5.75 Å². The molecule has 0 radical (unpaired) electrons. The number of aromatic amines is 1. The molecule has 1 aromatic heterocycles. The highest BCUT2D eigenvalue weighted by Crippen LogP contribution is 2.26. The number of nitrogens with zero attached hydrogens (tertiary/aromatic N) is 1. The fourth-order valence-electron chi connectivity index (χ4n) is 2.24. The lowest BCUT2D eigenvalue weighted by molar-refractivity contribution is -0.112. The van der Waals surface area contributed by atoms with Crippen LogP contribution in [-0.2, 0) is 9.53 Å². The molecule has 2 rings (SSSR count). The van der Waals surface area contributed by atoms with Crippen molar-refractivity contribution in [2.75, 3.05) is 14.2 Å². The summed E-state index contributed by atoms with van der Waals surface area (Å²) >= 11 is 0. The summed E-state index contributed by atoms with van der Waals surface area (Å²) in [5.41, 5.74) is 0.840. The Morgan fingerprint density at radius 1 is 1.30 bits per heavy atom. The van der Waals surface area contributed by atoms with Gasteiger partial charge in [0.1, 0.15) is 23.7 Å². The summed E-state index contributed by atoms with van der Waals surface area (Å²) < 4.78 is 10.5. The van der Waals surface area contributed by atoms with Crippen molar-refractivity contribution in [3.8, 4) is 5.75 Å². The smallest absolute Gasteiger partial charge is 0.410 e. The predicted octanol–water partition coefficient (Wildman–Crippen LogP) is 3.28. The molecule has 6 nitrogen and oxygen atoms in total. The number of hydrogen-bond acceptors (Lipinski definition) is 4. The van der Waals surface area contributed by atoms with Crippen LogP contribution in [-0.4, -0.2) is 42.0 Å². The number of methoxy groups -OCH3 is 1. The Morgan fingerprint density at radius 3 is 2.57 bits per heavy atom. The summed E-state index contributed by atoms with van der Waals surface area (Å²) in [6, 6.07) is 6.67. The highest BCUT2D eigenvalue weighted by molar-refractivity contribution is 5.84. The molecule has 0 aliphatic heterocycles. The molecule has 124 valence electrons. The number of aldehydes is 1. The maximum absolute atomic E-state index is 12.2. The van der Waals surface area contributed by atoms with Crippen molar-refractivity contribution >= 4 is 23.3 Å². The fourth-order valence-corrected chi connectivity index (χ4v) is 2.24. The lowest BCUT2D eigenvalue weighted by Gasteiger charge is -2.27. The molecule has 2 aromatic rings. The third kappa shape index (κ3) is 3.83. The van der Waals surface area contributed by atoms with Crippen molar-refractivity contribution in [2.24, 2.45) is 0 Å². The van der Waals surface area contributed by atoms with Crippen LogP contribution in [0.1, 0.15) is 32.5 Å². The normalized spacial score (nSPS) is 12.7. The number of nitrogens with one attached hydrogen (secondary N) is 1. The van der Waals surface area contributed by atoms with E-state index in [0.717, 1.165) is 10.9 Å². The Kier molecular flexibility index (Phi) is 4.63. The van der Waals surface area contributed by atoms with Gasteiger partial charge in [0, 0.05) is 29.7 Å². The van der Waals surface area contributed by atoms with E-state index in [0.29, 0.717) is 17.7 Å². The molecule has 1 heterocycles. The van der Waals surface area contributed by atoms with Crippen LogP contribution in [0.15, 0.2) is 24.3 Å². The Labute approximate surface area is 135 Å². The molecule has 1 amide bonds. The lowest BCUT2D eigenvalue weighted by Crippen LogP contribution is -2.37. The van der Waals surface area contributed by atoms with Crippen molar-refractivity contribution in [1.82, 2.24) is 9.88 Å². The van der Waals surface area contributed by atoms with E-state index >= 15 is 0 Å². The molecule has 1 unspecified atom stereocenters. The van der Waals surface area contributed by atoms with E-state index in [1.54, 1.807) is 34.9 Å². The van der Waals surface area contributed by atoms with Crippen LogP contribution in [0.3, 0.4) is 0 Å². The lowest BCUT2D eigenvalue weighted by atomic mass is 10.2. The van der Waals surface area contributed by atoms with Gasteiger partial charge in [-0.25, -0.2) is 4.79 Å². The van der Waals surface area contributed by atoms with E-state index in [1.165, 1.54) is 4.90 Å². The predicted molar refractivity (Wildman–Crippen MR) is 87.7 cm³/mol. The zero-order valence-electron chi connectivity index (χ0n) is 14.0. The molecule has 0 bridgehead atoms. The van der Waals surface area contributed by atoms with Crippen LogP contribution < -0.4 is 4.74 Å². The van der Waals surface area contributed by atoms with Crippen molar-refractivity contribution in [3.05, 3.63) is 30.0 Å². The number of carbonyl (C=O) groups is 2. The van der Waals surface area contributed by atoms with Crippen molar-refractivity contribution in [3.63, 3.8) is 0 Å². The van der Waals surface area contributed by atoms with Crippen LogP contribution in [0.25, 0.3) is 10.9 Å². The van der Waals surface area contributed by atoms with Crippen LogP contribution >= 0.6 is 0 Å². The third-order valence-corrected chi connectivity index (χ3v) is 3.40. The second-order valence-electron chi connectivity index (χ2n) is 6.35. The molecule has 0 fully saturated rings. The number of likely N-dealkylation sites (N-methyl/N-ethyl adjacent to an activating group) is 1. The summed E-state index contributed by atoms with van der Waals surface area (Å²) in [4.78, 5) is 28.1. The summed E-state index contributed by atoms with van der Waals surface area (Å²) in [7, 11) is 3.13. The maximum atomic E-state index is 12.2. The molecule has 0 aliphatic rings. The summed E-state index contributed by atoms with van der Waals surface area (Å²) in [5.74, 6) is 0.717. The molecule has 0 saturated heterocycles. The number of aromatic nitrogens is 1. The highest BCUT2D eigenvalue weighted by Gasteiger charge is 2.27. The zero-order chi connectivity index (χ0) is 17.2. The number of fused-ring (bicyclic) bond motifs is 1. The Morgan fingerprint density at radius 2 is 2.00 bits per heavy atom. The number of rotatable bonds is 4. The average molecular weight is 318 g/mol. The maximum Gasteiger partial charge on any atom is 0.410 e. The van der Waals surface area contributed by atoms with E-state index in [4.69, 9.17) is 9.47 Å². The number of ether oxygens (including phenoxy) is 2. The van der Waals surface area contributed by atoms with E-state index in [9.17, 15) is 9.59 Å². The topological polar surface area (TPSA) is 71.6 Å². The quantitative estimate of drug-likeness (QED) is 0.878. The van der Waals surface area contributed by atoms with Crippen molar-refractivity contribution in [2.45, 2.75) is 32.4 Å². The summed E-state index contributed by atoms with van der Waals surface area (Å²) in [6.07, 6.45) is 0.164. The second-order valence-corrected chi connectivity index (χ2v) is 6.35. The van der Waals surface area contributed by atoms with E-state index in [2.05, 4.69) is 4.98 Å². The minimum atomic E-state index is -0.747. The highest BCUT2D eigenvalue weighted by atomic mass is 16.6. The van der Waals surface area contributed by atoms with Gasteiger partial charge >= 0.3 is 6.09 Å². The first-order valence-electron chi connectivity index (χ1n) is 7.33. The van der Waals surface area contributed by atoms with Gasteiger partial charge in [0.2, 0.25) is 0 Å². The van der Waals surface area contributed by atoms with Gasteiger partial charge in [0.15, 0.2) is 0 Å². The third-order valence-electron chi connectivity index (χ3n) is 3.40. The second kappa shape index (κ2) is 6.32. The summed E-state index contributed by atoms with van der Waals surface area (Å²) in [5, 5.41) is 0.935. The number of carbonyl (C=O) groups excluding carboxylic acids is 2. The number of amides is 1. The Bertz CT molecular complexity index is 715. The van der Waals surface area contributed by atoms with Gasteiger partial charge in [-0.15, -0.1) is 0 Å². The van der Waals surface area contributed by atoms with E-state index in [1.807, 2.05) is 24.3 Å². The molecule has 23 heavy (non-hydrogen) atoms. The molecule has 1 atom stereocenters. The molecule has 0 spiro atoms. The minimum absolute atomic E-state index is 0.550. The molecule has 0 aliphatic carbocycles. The van der Waals surface area contributed by atoms with Gasteiger partial charge in [-0.05, 0) is 39.0 Å². The molecule has 0 saturated carbocycles. The zero-order valence-corrected chi connectivity index (χ0v) is 14.0. The molecule has 1 aromatic carbocycles. The van der Waals surface area contributed by atoms with Gasteiger partial charge in [-0.2, -0.15) is 0 Å². The largest absolute Gasteiger partial charge is 0.497 e. The Hall–Kier alpha value is -2.50. The van der Waals surface area contributed by atoms with Gasteiger partial charge < -0.3 is 19.3 Å². The SMILES string of the molecule is COc1ccc2cc(C(C=O)N(C)C(=O)OC(C)(C)C)[nH]c2c1. The van der Waals surface area contributed by atoms with Crippen LogP contribution in [0.2, 0.25) is 0 Å². The molecule has 6 heteroatoms. The van der Waals surface area contributed by atoms with Gasteiger partial charge in [0.05, 0.1) is 7.11 Å². The molecular weight excluding hydrogens is 296 g/mol. The van der Waals surface area contributed by atoms with Crippen molar-refractivity contribution < 1.29 is 19.1 Å². The standard InChI is InChI=1S/C17H22N2O4/c1-17(2,3)23-16(21)19(4)15(10-20)14-8-11-6-7-12(22-5)9-13(11)18-14/h6-10,15,18H,1-5H3. The first-order valence-corrected chi connectivity index (χ1v) is 7.33. The van der Waals surface area contributed by atoms with Crippen molar-refractivity contribution in [1.29, 1.82) is 0 Å².